The lowest BCUT2D eigenvalue weighted by Gasteiger charge is -2.11. The zero-order chi connectivity index (χ0) is 22.4. The Labute approximate surface area is 197 Å². The van der Waals surface area contributed by atoms with Gasteiger partial charge in [0.25, 0.3) is 0 Å². The first-order valence-electron chi connectivity index (χ1n) is 10.9. The summed E-state index contributed by atoms with van der Waals surface area (Å²) in [4.78, 5) is 13.3. The van der Waals surface area contributed by atoms with Gasteiger partial charge in [-0.05, 0) is 93.0 Å². The van der Waals surface area contributed by atoms with Gasteiger partial charge < -0.3 is 4.74 Å². The summed E-state index contributed by atoms with van der Waals surface area (Å²) in [5, 5.41) is 2.14. The zero-order valence-corrected chi connectivity index (χ0v) is 18.7. The van der Waals surface area contributed by atoms with Crippen LogP contribution >= 0.6 is 12.6 Å². The van der Waals surface area contributed by atoms with Crippen LogP contribution in [0.25, 0.3) is 33.0 Å². The number of hydrogen-bond donors (Lipinski definition) is 1. The number of thiol groups is 1. The van der Waals surface area contributed by atoms with E-state index in [4.69, 9.17) is 4.74 Å². The van der Waals surface area contributed by atoms with Gasteiger partial charge in [0.05, 0.1) is 5.56 Å². The Morgan fingerprint density at radius 1 is 0.697 bits per heavy atom. The van der Waals surface area contributed by atoms with Gasteiger partial charge in [0.2, 0.25) is 0 Å². The van der Waals surface area contributed by atoms with Crippen LogP contribution in [0.3, 0.4) is 0 Å². The molecule has 1 aliphatic rings. The summed E-state index contributed by atoms with van der Waals surface area (Å²) in [6, 6.07) is 34.4. The third-order valence-corrected chi connectivity index (χ3v) is 6.59. The topological polar surface area (TPSA) is 26.3 Å². The second-order valence-electron chi connectivity index (χ2n) is 8.33. The van der Waals surface area contributed by atoms with Crippen molar-refractivity contribution < 1.29 is 9.53 Å². The van der Waals surface area contributed by atoms with Gasteiger partial charge in [0.15, 0.2) is 0 Å². The number of fused-ring (bicyclic) bond motifs is 4. The molecular formula is C30H20O2S. The standard InChI is InChI=1S/C30H20O2S/c31-30(19-11-14-25(33)15-12-19)32-24-13-10-20-16-23(9-8-21(20)17-24)27-6-3-7-28-26-5-2-1-4-22(26)18-29(27)28/h1-17,33H,18H2. The highest BCUT2D eigenvalue weighted by molar-refractivity contribution is 7.80. The molecule has 158 valence electrons. The summed E-state index contributed by atoms with van der Waals surface area (Å²) in [5.41, 5.74) is 8.41. The average molecular weight is 445 g/mol. The maximum absolute atomic E-state index is 12.5. The molecule has 3 heteroatoms. The van der Waals surface area contributed by atoms with Gasteiger partial charge in [-0.3, -0.25) is 0 Å². The quantitative estimate of drug-likeness (QED) is 0.173. The third kappa shape index (κ3) is 3.61. The van der Waals surface area contributed by atoms with Gasteiger partial charge in [0, 0.05) is 4.90 Å². The maximum atomic E-state index is 12.5. The number of esters is 1. The molecule has 33 heavy (non-hydrogen) atoms. The van der Waals surface area contributed by atoms with Crippen molar-refractivity contribution in [3.63, 3.8) is 0 Å². The summed E-state index contributed by atoms with van der Waals surface area (Å²) in [6.45, 7) is 0. The van der Waals surface area contributed by atoms with Crippen LogP contribution in [0.1, 0.15) is 21.5 Å². The van der Waals surface area contributed by atoms with Gasteiger partial charge in [0.1, 0.15) is 5.75 Å². The highest BCUT2D eigenvalue weighted by Crippen LogP contribution is 2.42. The average Bonchev–Trinajstić information content (AvgIpc) is 3.23. The van der Waals surface area contributed by atoms with E-state index in [1.165, 1.54) is 33.4 Å². The molecule has 0 saturated carbocycles. The highest BCUT2D eigenvalue weighted by Gasteiger charge is 2.21. The molecule has 0 radical (unpaired) electrons. The van der Waals surface area contributed by atoms with Crippen LogP contribution in [0.15, 0.2) is 108 Å². The van der Waals surface area contributed by atoms with E-state index in [2.05, 4.69) is 73.3 Å². The minimum Gasteiger partial charge on any atom is -0.423 e. The zero-order valence-electron chi connectivity index (χ0n) is 17.8. The summed E-state index contributed by atoms with van der Waals surface area (Å²) in [5.74, 6) is 0.157. The first-order chi connectivity index (χ1) is 16.2. The molecule has 6 rings (SSSR count). The van der Waals surface area contributed by atoms with Crippen molar-refractivity contribution >= 4 is 29.4 Å². The van der Waals surface area contributed by atoms with Gasteiger partial charge >= 0.3 is 5.97 Å². The van der Waals surface area contributed by atoms with Crippen molar-refractivity contribution in [1.29, 1.82) is 0 Å². The molecule has 0 unspecified atom stereocenters. The van der Waals surface area contributed by atoms with E-state index in [1.807, 2.05) is 18.2 Å². The van der Waals surface area contributed by atoms with E-state index >= 15 is 0 Å². The van der Waals surface area contributed by atoms with Crippen LogP contribution in [0, 0.1) is 0 Å². The number of benzene rings is 5. The molecule has 0 fully saturated rings. The largest absolute Gasteiger partial charge is 0.423 e. The molecule has 2 nitrogen and oxygen atoms in total. The Morgan fingerprint density at radius 2 is 1.42 bits per heavy atom. The monoisotopic (exact) mass is 444 g/mol. The van der Waals surface area contributed by atoms with Crippen molar-refractivity contribution in [2.75, 3.05) is 0 Å². The predicted molar refractivity (Wildman–Crippen MR) is 136 cm³/mol. The SMILES string of the molecule is O=C(Oc1ccc2cc(-c3cccc4c3Cc3ccccc3-4)ccc2c1)c1ccc(S)cc1. The number of hydrogen-bond acceptors (Lipinski definition) is 3. The molecule has 0 saturated heterocycles. The first-order valence-corrected chi connectivity index (χ1v) is 11.4. The molecule has 5 aromatic carbocycles. The number of ether oxygens (including phenoxy) is 1. The van der Waals surface area contributed by atoms with Crippen LogP contribution in [0.4, 0.5) is 0 Å². The molecule has 0 aromatic heterocycles. The Hall–Kier alpha value is -3.82. The van der Waals surface area contributed by atoms with Crippen LogP contribution in [-0.4, -0.2) is 5.97 Å². The van der Waals surface area contributed by atoms with Gasteiger partial charge in [-0.2, -0.15) is 0 Å². The van der Waals surface area contributed by atoms with Crippen molar-refractivity contribution in [2.45, 2.75) is 11.3 Å². The molecule has 0 N–H and O–H groups in total. The fourth-order valence-electron chi connectivity index (χ4n) is 4.65. The van der Waals surface area contributed by atoms with E-state index in [0.29, 0.717) is 11.3 Å². The fraction of sp³-hybridized carbons (Fsp3) is 0.0333. The first kappa shape index (κ1) is 19.8. The highest BCUT2D eigenvalue weighted by atomic mass is 32.1. The lowest BCUT2D eigenvalue weighted by atomic mass is 9.94. The van der Waals surface area contributed by atoms with E-state index in [-0.39, 0.29) is 5.97 Å². The molecule has 5 aromatic rings. The molecule has 0 amide bonds. The Balaban J connectivity index is 1.31. The smallest absolute Gasteiger partial charge is 0.343 e. The Kier molecular flexibility index (Phi) is 4.78. The second-order valence-corrected chi connectivity index (χ2v) is 8.84. The Morgan fingerprint density at radius 3 is 2.30 bits per heavy atom. The van der Waals surface area contributed by atoms with Crippen LogP contribution < -0.4 is 4.74 Å². The Bertz CT molecular complexity index is 1530. The second kappa shape index (κ2) is 7.95. The lowest BCUT2D eigenvalue weighted by molar-refractivity contribution is 0.0735. The van der Waals surface area contributed by atoms with E-state index in [1.54, 1.807) is 24.3 Å². The summed E-state index contributed by atoms with van der Waals surface area (Å²) in [6.07, 6.45) is 0.961. The van der Waals surface area contributed by atoms with Crippen molar-refractivity contribution in [1.82, 2.24) is 0 Å². The molecule has 0 spiro atoms. The minimum atomic E-state index is -0.376. The summed E-state index contributed by atoms with van der Waals surface area (Å²) >= 11 is 4.26. The maximum Gasteiger partial charge on any atom is 0.343 e. The normalized spacial score (nSPS) is 11.8. The number of rotatable bonds is 3. The molecule has 0 heterocycles. The van der Waals surface area contributed by atoms with Gasteiger partial charge in [-0.25, -0.2) is 4.79 Å². The molecule has 0 bridgehead atoms. The van der Waals surface area contributed by atoms with E-state index in [9.17, 15) is 4.79 Å². The van der Waals surface area contributed by atoms with Crippen LogP contribution in [-0.2, 0) is 6.42 Å². The molecule has 0 atom stereocenters. The molecular weight excluding hydrogens is 424 g/mol. The minimum absolute atomic E-state index is 0.376. The van der Waals surface area contributed by atoms with Crippen molar-refractivity contribution in [3.05, 3.63) is 120 Å². The van der Waals surface area contributed by atoms with Crippen LogP contribution in [0.5, 0.6) is 5.75 Å². The van der Waals surface area contributed by atoms with Crippen LogP contribution in [0.2, 0.25) is 0 Å². The van der Waals surface area contributed by atoms with Crippen molar-refractivity contribution in [3.8, 4) is 28.0 Å². The summed E-state index contributed by atoms with van der Waals surface area (Å²) < 4.78 is 5.60. The number of carbonyl (C=O) groups excluding carboxylic acids is 1. The summed E-state index contributed by atoms with van der Waals surface area (Å²) in [7, 11) is 0. The van der Waals surface area contributed by atoms with Gasteiger partial charge in [-0.1, -0.05) is 60.7 Å². The fourth-order valence-corrected chi connectivity index (χ4v) is 4.80. The van der Waals surface area contributed by atoms with Gasteiger partial charge in [-0.15, -0.1) is 12.6 Å². The van der Waals surface area contributed by atoms with E-state index < -0.39 is 0 Å². The van der Waals surface area contributed by atoms with E-state index in [0.717, 1.165) is 22.1 Å². The number of carbonyl (C=O) groups is 1. The molecule has 1 aliphatic carbocycles. The lowest BCUT2D eigenvalue weighted by Crippen LogP contribution is -2.08. The predicted octanol–water partition coefficient (Wildman–Crippen LogP) is 7.59. The molecule has 0 aliphatic heterocycles. The van der Waals surface area contributed by atoms with Crippen molar-refractivity contribution in [2.24, 2.45) is 0 Å². The third-order valence-electron chi connectivity index (χ3n) is 6.29.